The molecule has 1 heterocycles. The van der Waals surface area contributed by atoms with Gasteiger partial charge in [0.25, 0.3) is 0 Å². The molecule has 4 aliphatic rings. The zero-order chi connectivity index (χ0) is 14.7. The van der Waals surface area contributed by atoms with Crippen LogP contribution in [-0.2, 0) is 16.8 Å². The third-order valence-electron chi connectivity index (χ3n) is 5.90. The van der Waals surface area contributed by atoms with E-state index >= 15 is 0 Å². The van der Waals surface area contributed by atoms with Crippen LogP contribution in [0.25, 0.3) is 0 Å². The molecule has 1 aromatic rings. The molecule has 6 nitrogen and oxygen atoms in total. The lowest BCUT2D eigenvalue weighted by Crippen LogP contribution is -2.54. The van der Waals surface area contributed by atoms with Crippen LogP contribution in [0.5, 0.6) is 0 Å². The van der Waals surface area contributed by atoms with Crippen LogP contribution in [-0.4, -0.2) is 31.3 Å². The highest BCUT2D eigenvalue weighted by Gasteiger charge is 2.58. The first kappa shape index (κ1) is 13.2. The normalized spacial score (nSPS) is 40.6. The van der Waals surface area contributed by atoms with Crippen molar-refractivity contribution in [2.45, 2.75) is 63.8 Å². The van der Waals surface area contributed by atoms with E-state index in [1.54, 1.807) is 4.68 Å². The Morgan fingerprint density at radius 3 is 2.67 bits per heavy atom. The molecule has 4 saturated carbocycles. The molecule has 0 saturated heterocycles. The second kappa shape index (κ2) is 4.27. The molecule has 0 aromatic carbocycles. The number of nitrogens with zero attached hydrogens (tertiary/aromatic N) is 4. The number of tetrazole rings is 1. The number of carboxylic acids is 1. The summed E-state index contributed by atoms with van der Waals surface area (Å²) in [6.45, 7) is 2.80. The van der Waals surface area contributed by atoms with Gasteiger partial charge in [-0.05, 0) is 66.2 Å². The standard InChI is InChI=1S/C15H22N4O2/c1-14-5-10-4-11(6-14)8-15(7-10,9-14)13-16-17-18-19(13)3-2-12(20)21/h10-11H,2-9H2,1H3,(H,20,21). The summed E-state index contributed by atoms with van der Waals surface area (Å²) < 4.78 is 1.75. The van der Waals surface area contributed by atoms with Crippen molar-refractivity contribution >= 4 is 5.97 Å². The van der Waals surface area contributed by atoms with Crippen molar-refractivity contribution < 1.29 is 9.90 Å². The number of rotatable bonds is 4. The summed E-state index contributed by atoms with van der Waals surface area (Å²) in [5, 5.41) is 21.1. The van der Waals surface area contributed by atoms with E-state index in [2.05, 4.69) is 22.4 Å². The van der Waals surface area contributed by atoms with Crippen LogP contribution < -0.4 is 0 Å². The minimum Gasteiger partial charge on any atom is -0.481 e. The molecule has 2 atom stereocenters. The smallest absolute Gasteiger partial charge is 0.305 e. The number of hydrogen-bond acceptors (Lipinski definition) is 4. The maximum Gasteiger partial charge on any atom is 0.305 e. The highest BCUT2D eigenvalue weighted by molar-refractivity contribution is 5.66. The van der Waals surface area contributed by atoms with E-state index < -0.39 is 5.97 Å². The zero-order valence-electron chi connectivity index (χ0n) is 12.5. The molecule has 0 radical (unpaired) electrons. The molecule has 0 aliphatic heterocycles. The lowest BCUT2D eigenvalue weighted by Gasteiger charge is -2.60. The number of carboxylic acid groups (broad SMARTS) is 1. The Labute approximate surface area is 123 Å². The largest absolute Gasteiger partial charge is 0.481 e. The van der Waals surface area contributed by atoms with E-state index in [4.69, 9.17) is 5.11 Å². The minimum absolute atomic E-state index is 0.0816. The molecular formula is C15H22N4O2. The van der Waals surface area contributed by atoms with Crippen LogP contribution in [0.4, 0.5) is 0 Å². The van der Waals surface area contributed by atoms with Crippen molar-refractivity contribution in [1.29, 1.82) is 0 Å². The maximum absolute atomic E-state index is 10.8. The van der Waals surface area contributed by atoms with E-state index in [0.29, 0.717) is 12.0 Å². The first-order valence-electron chi connectivity index (χ1n) is 7.97. The van der Waals surface area contributed by atoms with E-state index in [9.17, 15) is 4.79 Å². The van der Waals surface area contributed by atoms with Crippen molar-refractivity contribution in [3.8, 4) is 0 Å². The summed E-state index contributed by atoms with van der Waals surface area (Å²) >= 11 is 0. The molecular weight excluding hydrogens is 268 g/mol. The Bertz CT molecular complexity index is 568. The molecule has 0 spiro atoms. The van der Waals surface area contributed by atoms with Gasteiger partial charge in [0.15, 0.2) is 5.82 Å². The van der Waals surface area contributed by atoms with Gasteiger partial charge in [0.1, 0.15) is 0 Å². The quantitative estimate of drug-likeness (QED) is 0.917. The Balaban J connectivity index is 1.67. The summed E-state index contributed by atoms with van der Waals surface area (Å²) in [6.07, 6.45) is 7.69. The lowest BCUT2D eigenvalue weighted by atomic mass is 9.44. The Morgan fingerprint density at radius 2 is 2.05 bits per heavy atom. The van der Waals surface area contributed by atoms with Gasteiger partial charge in [0, 0.05) is 5.41 Å². The molecule has 21 heavy (non-hydrogen) atoms. The van der Waals surface area contributed by atoms with Gasteiger partial charge in [-0.2, -0.15) is 0 Å². The second-order valence-corrected chi connectivity index (χ2v) is 7.92. The summed E-state index contributed by atoms with van der Waals surface area (Å²) in [7, 11) is 0. The molecule has 114 valence electrons. The predicted octanol–water partition coefficient (Wildman–Crippen LogP) is 2.01. The average Bonchev–Trinajstić information content (AvgIpc) is 2.82. The number of carbonyl (C=O) groups is 1. The summed E-state index contributed by atoms with van der Waals surface area (Å²) in [5.74, 6) is 1.76. The first-order valence-corrected chi connectivity index (χ1v) is 7.97. The molecule has 4 bridgehead atoms. The second-order valence-electron chi connectivity index (χ2n) is 7.92. The Hall–Kier alpha value is -1.46. The minimum atomic E-state index is -0.797. The van der Waals surface area contributed by atoms with Crippen LogP contribution >= 0.6 is 0 Å². The molecule has 1 aromatic heterocycles. The summed E-state index contributed by atoms with van der Waals surface area (Å²) in [5.41, 5.74) is 0.536. The Kier molecular flexibility index (Phi) is 2.69. The van der Waals surface area contributed by atoms with Crippen molar-refractivity contribution in [3.05, 3.63) is 5.82 Å². The third-order valence-corrected chi connectivity index (χ3v) is 5.90. The van der Waals surface area contributed by atoms with Crippen LogP contribution in [0, 0.1) is 17.3 Å². The fraction of sp³-hybridized carbons (Fsp3) is 0.867. The highest BCUT2D eigenvalue weighted by Crippen LogP contribution is 2.65. The van der Waals surface area contributed by atoms with Gasteiger partial charge in [-0.15, -0.1) is 5.10 Å². The van der Waals surface area contributed by atoms with Crippen molar-refractivity contribution in [1.82, 2.24) is 20.2 Å². The van der Waals surface area contributed by atoms with Crippen molar-refractivity contribution in [2.75, 3.05) is 0 Å². The average molecular weight is 290 g/mol. The summed E-state index contributed by atoms with van der Waals surface area (Å²) in [4.78, 5) is 10.8. The number of aryl methyl sites for hydroxylation is 1. The zero-order valence-corrected chi connectivity index (χ0v) is 12.5. The molecule has 4 aliphatic carbocycles. The Morgan fingerprint density at radius 1 is 1.33 bits per heavy atom. The monoisotopic (exact) mass is 290 g/mol. The number of aromatic nitrogens is 4. The summed E-state index contributed by atoms with van der Waals surface area (Å²) in [6, 6.07) is 0. The number of hydrogen-bond donors (Lipinski definition) is 1. The van der Waals surface area contributed by atoms with Gasteiger partial charge < -0.3 is 5.11 Å². The van der Waals surface area contributed by atoms with E-state index in [1.807, 2.05) is 0 Å². The van der Waals surface area contributed by atoms with Gasteiger partial charge in [-0.1, -0.05) is 6.92 Å². The van der Waals surface area contributed by atoms with Gasteiger partial charge in [-0.25, -0.2) is 4.68 Å². The molecule has 2 unspecified atom stereocenters. The van der Waals surface area contributed by atoms with Crippen LogP contribution in [0.2, 0.25) is 0 Å². The third kappa shape index (κ3) is 2.07. The predicted molar refractivity (Wildman–Crippen MR) is 74.5 cm³/mol. The van der Waals surface area contributed by atoms with E-state index in [-0.39, 0.29) is 11.8 Å². The maximum atomic E-state index is 10.8. The molecule has 1 N–H and O–H groups in total. The van der Waals surface area contributed by atoms with Crippen molar-refractivity contribution in [3.63, 3.8) is 0 Å². The van der Waals surface area contributed by atoms with E-state index in [0.717, 1.165) is 17.7 Å². The van der Waals surface area contributed by atoms with E-state index in [1.165, 1.54) is 38.5 Å². The number of aliphatic carboxylic acids is 1. The molecule has 0 amide bonds. The fourth-order valence-electron chi connectivity index (χ4n) is 5.92. The van der Waals surface area contributed by atoms with Gasteiger partial charge >= 0.3 is 5.97 Å². The fourth-order valence-corrected chi connectivity index (χ4v) is 5.92. The van der Waals surface area contributed by atoms with Gasteiger partial charge in [0.2, 0.25) is 0 Å². The van der Waals surface area contributed by atoms with Crippen molar-refractivity contribution in [2.24, 2.45) is 17.3 Å². The van der Waals surface area contributed by atoms with Gasteiger partial charge in [-0.3, -0.25) is 4.79 Å². The first-order chi connectivity index (χ1) is 9.98. The highest BCUT2D eigenvalue weighted by atomic mass is 16.4. The topological polar surface area (TPSA) is 80.9 Å². The molecule has 6 heteroatoms. The van der Waals surface area contributed by atoms with Crippen LogP contribution in [0.3, 0.4) is 0 Å². The van der Waals surface area contributed by atoms with Gasteiger partial charge in [0.05, 0.1) is 13.0 Å². The molecule has 4 fully saturated rings. The SMILES string of the molecule is CC12CC3CC(C1)CC(c1nnnn1CCC(=O)O)(C3)C2. The molecule has 5 rings (SSSR count). The van der Waals surface area contributed by atoms with Crippen LogP contribution in [0.1, 0.15) is 57.7 Å². The van der Waals surface area contributed by atoms with Crippen LogP contribution in [0.15, 0.2) is 0 Å². The lowest BCUT2D eigenvalue weighted by molar-refractivity contribution is -0.137.